The third kappa shape index (κ3) is 2.04. The van der Waals surface area contributed by atoms with Crippen LogP contribution in [0.5, 0.6) is 0 Å². The number of benzene rings is 1. The summed E-state index contributed by atoms with van der Waals surface area (Å²) in [7, 11) is 0. The Labute approximate surface area is 85.3 Å². The standard InChI is InChI=1S/C10H9BrO2/c11-9-3-1-8(2-4-9)10-7-12-5-6-13-10/h1-4,7H,5-6H2. The Balaban J connectivity index is 2.24. The van der Waals surface area contributed by atoms with Crippen molar-refractivity contribution in [2.45, 2.75) is 0 Å². The van der Waals surface area contributed by atoms with Crippen molar-refractivity contribution >= 4 is 21.7 Å². The average Bonchev–Trinajstić information content (AvgIpc) is 2.20. The predicted octanol–water partition coefficient (Wildman–Crippen LogP) is 2.79. The summed E-state index contributed by atoms with van der Waals surface area (Å²) >= 11 is 3.38. The molecule has 0 amide bonds. The summed E-state index contributed by atoms with van der Waals surface area (Å²) in [4.78, 5) is 0. The van der Waals surface area contributed by atoms with E-state index in [-0.39, 0.29) is 0 Å². The fraction of sp³-hybridized carbons (Fsp3) is 0.200. The lowest BCUT2D eigenvalue weighted by Gasteiger charge is -2.15. The Morgan fingerprint density at radius 2 is 1.85 bits per heavy atom. The normalized spacial score (nSPS) is 15.6. The smallest absolute Gasteiger partial charge is 0.161 e. The van der Waals surface area contributed by atoms with E-state index < -0.39 is 0 Å². The quantitative estimate of drug-likeness (QED) is 0.752. The molecule has 1 aliphatic heterocycles. The van der Waals surface area contributed by atoms with Crippen LogP contribution in [0.2, 0.25) is 0 Å². The molecular weight excluding hydrogens is 232 g/mol. The van der Waals surface area contributed by atoms with Gasteiger partial charge in [0.05, 0.1) is 0 Å². The van der Waals surface area contributed by atoms with Gasteiger partial charge in [0.2, 0.25) is 0 Å². The summed E-state index contributed by atoms with van der Waals surface area (Å²) in [6.45, 7) is 1.27. The van der Waals surface area contributed by atoms with E-state index in [2.05, 4.69) is 15.9 Å². The summed E-state index contributed by atoms with van der Waals surface area (Å²) in [6.07, 6.45) is 1.66. The third-order valence-corrected chi connectivity index (χ3v) is 2.31. The molecule has 0 saturated carbocycles. The van der Waals surface area contributed by atoms with Gasteiger partial charge in [0, 0.05) is 10.0 Å². The molecule has 13 heavy (non-hydrogen) atoms. The fourth-order valence-electron chi connectivity index (χ4n) is 1.13. The van der Waals surface area contributed by atoms with E-state index in [1.54, 1.807) is 6.26 Å². The van der Waals surface area contributed by atoms with Crippen LogP contribution in [0.25, 0.3) is 5.76 Å². The molecule has 0 spiro atoms. The highest BCUT2D eigenvalue weighted by atomic mass is 79.9. The highest BCUT2D eigenvalue weighted by Gasteiger charge is 2.06. The average molecular weight is 241 g/mol. The Bertz CT molecular complexity index is 316. The molecule has 1 aromatic carbocycles. The molecule has 0 aromatic heterocycles. The van der Waals surface area contributed by atoms with Crippen LogP contribution in [-0.4, -0.2) is 13.2 Å². The number of rotatable bonds is 1. The van der Waals surface area contributed by atoms with E-state index in [0.717, 1.165) is 15.8 Å². The number of hydrogen-bond donors (Lipinski definition) is 0. The first-order chi connectivity index (χ1) is 6.36. The first kappa shape index (κ1) is 8.63. The van der Waals surface area contributed by atoms with Gasteiger partial charge in [-0.15, -0.1) is 0 Å². The molecule has 0 aliphatic carbocycles. The minimum atomic E-state index is 0.627. The highest BCUT2D eigenvalue weighted by Crippen LogP contribution is 2.20. The number of hydrogen-bond acceptors (Lipinski definition) is 2. The molecule has 0 N–H and O–H groups in total. The van der Waals surface area contributed by atoms with Gasteiger partial charge in [-0.25, -0.2) is 0 Å². The minimum Gasteiger partial charge on any atom is -0.494 e. The van der Waals surface area contributed by atoms with Crippen LogP contribution >= 0.6 is 15.9 Å². The zero-order valence-electron chi connectivity index (χ0n) is 7.00. The van der Waals surface area contributed by atoms with Crippen molar-refractivity contribution in [3.05, 3.63) is 40.6 Å². The van der Waals surface area contributed by atoms with Crippen LogP contribution in [0.15, 0.2) is 35.0 Å². The second-order valence-corrected chi connectivity index (χ2v) is 3.62. The Kier molecular flexibility index (Phi) is 2.54. The van der Waals surface area contributed by atoms with Crippen molar-refractivity contribution in [3.8, 4) is 0 Å². The Morgan fingerprint density at radius 3 is 2.46 bits per heavy atom. The molecule has 1 heterocycles. The van der Waals surface area contributed by atoms with E-state index in [0.29, 0.717) is 13.2 Å². The molecular formula is C10H9BrO2. The lowest BCUT2D eigenvalue weighted by atomic mass is 10.2. The van der Waals surface area contributed by atoms with Crippen molar-refractivity contribution < 1.29 is 9.47 Å². The van der Waals surface area contributed by atoms with Gasteiger partial charge in [0.25, 0.3) is 0 Å². The van der Waals surface area contributed by atoms with Gasteiger partial charge in [0.15, 0.2) is 5.76 Å². The van der Waals surface area contributed by atoms with Gasteiger partial charge in [-0.1, -0.05) is 28.1 Å². The molecule has 1 aromatic rings. The molecule has 0 fully saturated rings. The van der Waals surface area contributed by atoms with Crippen LogP contribution < -0.4 is 0 Å². The summed E-state index contributed by atoms with van der Waals surface area (Å²) < 4.78 is 11.7. The van der Waals surface area contributed by atoms with Crippen molar-refractivity contribution in [1.29, 1.82) is 0 Å². The van der Waals surface area contributed by atoms with Crippen LogP contribution in [-0.2, 0) is 9.47 Å². The Morgan fingerprint density at radius 1 is 1.08 bits per heavy atom. The van der Waals surface area contributed by atoms with Gasteiger partial charge in [-0.3, -0.25) is 0 Å². The lowest BCUT2D eigenvalue weighted by molar-refractivity contribution is 0.125. The van der Waals surface area contributed by atoms with E-state index >= 15 is 0 Å². The van der Waals surface area contributed by atoms with Crippen LogP contribution in [0.1, 0.15) is 5.56 Å². The SMILES string of the molecule is Brc1ccc(C2=COCCO2)cc1. The summed E-state index contributed by atoms with van der Waals surface area (Å²) in [5.74, 6) is 0.804. The highest BCUT2D eigenvalue weighted by molar-refractivity contribution is 9.10. The molecule has 3 heteroatoms. The van der Waals surface area contributed by atoms with E-state index in [9.17, 15) is 0 Å². The molecule has 0 bridgehead atoms. The van der Waals surface area contributed by atoms with Gasteiger partial charge in [-0.2, -0.15) is 0 Å². The largest absolute Gasteiger partial charge is 0.494 e. The molecule has 2 nitrogen and oxygen atoms in total. The predicted molar refractivity (Wildman–Crippen MR) is 54.0 cm³/mol. The maximum absolute atomic E-state index is 5.42. The third-order valence-electron chi connectivity index (χ3n) is 1.78. The molecule has 0 saturated heterocycles. The number of halogens is 1. The van der Waals surface area contributed by atoms with E-state index in [1.165, 1.54) is 0 Å². The zero-order valence-corrected chi connectivity index (χ0v) is 8.58. The maximum Gasteiger partial charge on any atom is 0.161 e. The Hall–Kier alpha value is -0.960. The molecule has 0 radical (unpaired) electrons. The molecule has 0 atom stereocenters. The first-order valence-corrected chi connectivity index (χ1v) is 4.86. The van der Waals surface area contributed by atoms with Gasteiger partial charge in [0.1, 0.15) is 19.5 Å². The van der Waals surface area contributed by atoms with Crippen LogP contribution in [0.4, 0.5) is 0 Å². The maximum atomic E-state index is 5.42. The van der Waals surface area contributed by atoms with Crippen molar-refractivity contribution in [2.75, 3.05) is 13.2 Å². The lowest BCUT2D eigenvalue weighted by Crippen LogP contribution is -2.07. The van der Waals surface area contributed by atoms with Gasteiger partial charge >= 0.3 is 0 Å². The topological polar surface area (TPSA) is 18.5 Å². The second-order valence-electron chi connectivity index (χ2n) is 2.71. The van der Waals surface area contributed by atoms with Gasteiger partial charge in [-0.05, 0) is 12.1 Å². The number of ether oxygens (including phenoxy) is 2. The molecule has 68 valence electrons. The van der Waals surface area contributed by atoms with Crippen LogP contribution in [0, 0.1) is 0 Å². The molecule has 2 rings (SSSR count). The van der Waals surface area contributed by atoms with Crippen molar-refractivity contribution in [2.24, 2.45) is 0 Å². The zero-order chi connectivity index (χ0) is 9.10. The summed E-state index contributed by atoms with van der Waals surface area (Å²) in [5.41, 5.74) is 1.04. The molecule has 1 aliphatic rings. The molecule has 0 unspecified atom stereocenters. The fourth-order valence-corrected chi connectivity index (χ4v) is 1.40. The monoisotopic (exact) mass is 240 g/mol. The van der Waals surface area contributed by atoms with Crippen molar-refractivity contribution in [3.63, 3.8) is 0 Å². The summed E-state index contributed by atoms with van der Waals surface area (Å²) in [6, 6.07) is 7.94. The second kappa shape index (κ2) is 3.83. The van der Waals surface area contributed by atoms with Crippen LogP contribution in [0.3, 0.4) is 0 Å². The van der Waals surface area contributed by atoms with E-state index in [4.69, 9.17) is 9.47 Å². The van der Waals surface area contributed by atoms with Gasteiger partial charge < -0.3 is 9.47 Å². The van der Waals surface area contributed by atoms with E-state index in [1.807, 2.05) is 24.3 Å². The minimum absolute atomic E-state index is 0.627. The first-order valence-electron chi connectivity index (χ1n) is 4.07. The summed E-state index contributed by atoms with van der Waals surface area (Å²) in [5, 5.41) is 0. The van der Waals surface area contributed by atoms with Crippen molar-refractivity contribution in [1.82, 2.24) is 0 Å².